The SMILES string of the molecule is C=CCOc1ccc(C(=O)Oc2ccc(OC(=O)CCC)cc2)cc1. The van der Waals surface area contributed by atoms with E-state index in [2.05, 4.69) is 6.58 Å². The van der Waals surface area contributed by atoms with E-state index >= 15 is 0 Å². The number of hydrogen-bond donors (Lipinski definition) is 0. The van der Waals surface area contributed by atoms with Gasteiger partial charge in [0, 0.05) is 6.42 Å². The summed E-state index contributed by atoms with van der Waals surface area (Å²) < 4.78 is 15.8. The van der Waals surface area contributed by atoms with E-state index < -0.39 is 5.97 Å². The lowest BCUT2D eigenvalue weighted by molar-refractivity contribution is -0.134. The van der Waals surface area contributed by atoms with E-state index in [0.29, 0.717) is 35.8 Å². The van der Waals surface area contributed by atoms with E-state index in [0.717, 1.165) is 6.42 Å². The summed E-state index contributed by atoms with van der Waals surface area (Å²) in [7, 11) is 0. The zero-order valence-corrected chi connectivity index (χ0v) is 14.1. The van der Waals surface area contributed by atoms with Crippen LogP contribution in [0.2, 0.25) is 0 Å². The molecule has 0 heterocycles. The zero-order valence-electron chi connectivity index (χ0n) is 14.1. The maximum atomic E-state index is 12.1. The normalized spacial score (nSPS) is 9.96. The van der Waals surface area contributed by atoms with Crippen molar-refractivity contribution in [1.29, 1.82) is 0 Å². The fraction of sp³-hybridized carbons (Fsp3) is 0.200. The second-order valence-electron chi connectivity index (χ2n) is 5.21. The number of esters is 2. The lowest BCUT2D eigenvalue weighted by Gasteiger charge is -2.07. The molecule has 2 rings (SSSR count). The van der Waals surface area contributed by atoms with Gasteiger partial charge in [0.2, 0.25) is 0 Å². The Morgan fingerprint density at radius 3 is 2.04 bits per heavy atom. The Bertz CT molecular complexity index is 717. The Balaban J connectivity index is 1.93. The highest BCUT2D eigenvalue weighted by atomic mass is 16.5. The van der Waals surface area contributed by atoms with Crippen molar-refractivity contribution in [3.8, 4) is 17.2 Å². The predicted molar refractivity (Wildman–Crippen MR) is 94.1 cm³/mol. The number of benzene rings is 2. The van der Waals surface area contributed by atoms with E-state index in [1.165, 1.54) is 0 Å². The number of hydrogen-bond acceptors (Lipinski definition) is 5. The minimum atomic E-state index is -0.481. The molecule has 0 aliphatic heterocycles. The van der Waals surface area contributed by atoms with Crippen LogP contribution in [-0.4, -0.2) is 18.5 Å². The predicted octanol–water partition coefficient (Wildman–Crippen LogP) is 4.18. The quantitative estimate of drug-likeness (QED) is 0.410. The molecular formula is C20H20O5. The monoisotopic (exact) mass is 340 g/mol. The van der Waals surface area contributed by atoms with Crippen molar-refractivity contribution in [2.24, 2.45) is 0 Å². The van der Waals surface area contributed by atoms with Crippen molar-refractivity contribution in [3.63, 3.8) is 0 Å². The third-order valence-corrected chi connectivity index (χ3v) is 3.18. The summed E-state index contributed by atoms with van der Waals surface area (Å²) in [5, 5.41) is 0. The van der Waals surface area contributed by atoms with Crippen LogP contribution >= 0.6 is 0 Å². The van der Waals surface area contributed by atoms with E-state index in [1.54, 1.807) is 54.6 Å². The van der Waals surface area contributed by atoms with E-state index in [-0.39, 0.29) is 5.97 Å². The molecule has 0 bridgehead atoms. The molecule has 0 N–H and O–H groups in total. The summed E-state index contributed by atoms with van der Waals surface area (Å²) in [5.74, 6) is 0.668. The van der Waals surface area contributed by atoms with Gasteiger partial charge in [-0.15, -0.1) is 0 Å². The third-order valence-electron chi connectivity index (χ3n) is 3.18. The molecule has 0 aliphatic carbocycles. The molecule has 2 aromatic carbocycles. The van der Waals surface area contributed by atoms with Gasteiger partial charge in [-0.1, -0.05) is 19.6 Å². The van der Waals surface area contributed by atoms with Gasteiger partial charge in [-0.05, 0) is 55.0 Å². The first-order chi connectivity index (χ1) is 12.1. The summed E-state index contributed by atoms with van der Waals surface area (Å²) in [6, 6.07) is 13.0. The summed E-state index contributed by atoms with van der Waals surface area (Å²) in [5.41, 5.74) is 0.407. The van der Waals surface area contributed by atoms with Gasteiger partial charge in [-0.2, -0.15) is 0 Å². The average Bonchev–Trinajstić information content (AvgIpc) is 2.62. The summed E-state index contributed by atoms with van der Waals surface area (Å²) >= 11 is 0. The Kier molecular flexibility index (Phi) is 6.77. The van der Waals surface area contributed by atoms with Crippen molar-refractivity contribution in [1.82, 2.24) is 0 Å². The Labute approximate surface area is 146 Å². The van der Waals surface area contributed by atoms with Gasteiger partial charge in [0.25, 0.3) is 0 Å². The standard InChI is InChI=1S/C20H20O5/c1-3-5-19(21)24-17-10-12-18(13-11-17)25-20(22)15-6-8-16(9-7-15)23-14-4-2/h4,6-13H,2-3,5,14H2,1H3. The molecule has 2 aromatic rings. The van der Waals surface area contributed by atoms with Crippen molar-refractivity contribution >= 4 is 11.9 Å². The number of rotatable bonds is 8. The Hall–Kier alpha value is -3.08. The third kappa shape index (κ3) is 5.80. The van der Waals surface area contributed by atoms with Gasteiger partial charge < -0.3 is 14.2 Å². The molecule has 0 aliphatic rings. The van der Waals surface area contributed by atoms with Crippen LogP contribution in [0.1, 0.15) is 30.1 Å². The van der Waals surface area contributed by atoms with Crippen LogP contribution in [0.3, 0.4) is 0 Å². The number of carbonyl (C=O) groups is 2. The first-order valence-corrected chi connectivity index (χ1v) is 7.99. The van der Waals surface area contributed by atoms with Crippen LogP contribution in [0.4, 0.5) is 0 Å². The van der Waals surface area contributed by atoms with Gasteiger partial charge in [0.15, 0.2) is 0 Å². The largest absolute Gasteiger partial charge is 0.490 e. The van der Waals surface area contributed by atoms with Gasteiger partial charge in [0.1, 0.15) is 23.9 Å². The molecule has 25 heavy (non-hydrogen) atoms. The highest BCUT2D eigenvalue weighted by Gasteiger charge is 2.09. The van der Waals surface area contributed by atoms with E-state index in [4.69, 9.17) is 14.2 Å². The van der Waals surface area contributed by atoms with Crippen molar-refractivity contribution in [2.75, 3.05) is 6.61 Å². The van der Waals surface area contributed by atoms with Crippen molar-refractivity contribution in [3.05, 3.63) is 66.7 Å². The molecule has 0 saturated carbocycles. The molecule has 0 fully saturated rings. The molecule has 0 saturated heterocycles. The van der Waals surface area contributed by atoms with Crippen LogP contribution in [0.5, 0.6) is 17.2 Å². The minimum absolute atomic E-state index is 0.286. The Morgan fingerprint density at radius 2 is 1.48 bits per heavy atom. The van der Waals surface area contributed by atoms with Crippen LogP contribution in [0.25, 0.3) is 0 Å². The van der Waals surface area contributed by atoms with Gasteiger partial charge in [0.05, 0.1) is 5.56 Å². The average molecular weight is 340 g/mol. The Morgan fingerprint density at radius 1 is 0.920 bits per heavy atom. The molecule has 0 spiro atoms. The van der Waals surface area contributed by atoms with Crippen molar-refractivity contribution in [2.45, 2.75) is 19.8 Å². The summed E-state index contributed by atoms with van der Waals surface area (Å²) in [6.45, 7) is 5.88. The molecular weight excluding hydrogens is 320 g/mol. The second kappa shape index (κ2) is 9.27. The van der Waals surface area contributed by atoms with Crippen LogP contribution < -0.4 is 14.2 Å². The molecule has 0 amide bonds. The molecule has 0 atom stereocenters. The van der Waals surface area contributed by atoms with Crippen LogP contribution in [0.15, 0.2) is 61.2 Å². The van der Waals surface area contributed by atoms with Gasteiger partial charge in [-0.25, -0.2) is 4.79 Å². The molecule has 0 aromatic heterocycles. The second-order valence-corrected chi connectivity index (χ2v) is 5.21. The summed E-state index contributed by atoms with van der Waals surface area (Å²) in [4.78, 5) is 23.6. The topological polar surface area (TPSA) is 61.8 Å². The number of ether oxygens (including phenoxy) is 3. The highest BCUT2D eigenvalue weighted by molar-refractivity contribution is 5.91. The van der Waals surface area contributed by atoms with E-state index in [1.807, 2.05) is 6.92 Å². The molecule has 130 valence electrons. The maximum Gasteiger partial charge on any atom is 0.343 e. The maximum absolute atomic E-state index is 12.1. The van der Waals surface area contributed by atoms with Crippen LogP contribution in [-0.2, 0) is 4.79 Å². The minimum Gasteiger partial charge on any atom is -0.490 e. The smallest absolute Gasteiger partial charge is 0.343 e. The van der Waals surface area contributed by atoms with Gasteiger partial charge >= 0.3 is 11.9 Å². The molecule has 5 heteroatoms. The fourth-order valence-corrected chi connectivity index (χ4v) is 1.97. The zero-order chi connectivity index (χ0) is 18.1. The lowest BCUT2D eigenvalue weighted by atomic mass is 10.2. The van der Waals surface area contributed by atoms with Crippen LogP contribution in [0, 0.1) is 0 Å². The lowest BCUT2D eigenvalue weighted by Crippen LogP contribution is -2.09. The van der Waals surface area contributed by atoms with E-state index in [9.17, 15) is 9.59 Å². The van der Waals surface area contributed by atoms with Gasteiger partial charge in [-0.3, -0.25) is 4.79 Å². The highest BCUT2D eigenvalue weighted by Crippen LogP contribution is 2.20. The first-order valence-electron chi connectivity index (χ1n) is 7.99. The molecule has 5 nitrogen and oxygen atoms in total. The number of carbonyl (C=O) groups excluding carboxylic acids is 2. The van der Waals surface area contributed by atoms with Crippen molar-refractivity contribution < 1.29 is 23.8 Å². The fourth-order valence-electron chi connectivity index (χ4n) is 1.97. The summed E-state index contributed by atoms with van der Waals surface area (Å²) in [6.07, 6.45) is 2.74. The molecule has 0 radical (unpaired) electrons. The first kappa shape index (κ1) is 18.3. The molecule has 0 unspecified atom stereocenters.